The van der Waals surface area contributed by atoms with Crippen molar-refractivity contribution < 1.29 is 19.0 Å². The Morgan fingerprint density at radius 1 is 1.00 bits per heavy atom. The van der Waals surface area contributed by atoms with Crippen LogP contribution in [0.5, 0.6) is 11.5 Å². The molecule has 0 aliphatic heterocycles. The molecule has 0 amide bonds. The molecule has 0 atom stereocenters. The summed E-state index contributed by atoms with van der Waals surface area (Å²) in [5, 5.41) is 0. The SMILES string of the molecule is CCCCc1nc2ccc(OC)cc2n1Cc1ccc(-c2ccccc2OC(=O)OC(C)(C)C)cc1. The lowest BCUT2D eigenvalue weighted by Gasteiger charge is -2.19. The summed E-state index contributed by atoms with van der Waals surface area (Å²) in [6, 6.07) is 21.8. The van der Waals surface area contributed by atoms with Crippen molar-refractivity contribution in [2.75, 3.05) is 7.11 Å². The Labute approximate surface area is 212 Å². The van der Waals surface area contributed by atoms with E-state index in [2.05, 4.69) is 41.8 Å². The smallest absolute Gasteiger partial charge is 0.497 e. The molecule has 0 fully saturated rings. The Balaban J connectivity index is 1.60. The number of para-hydroxylation sites is 1. The highest BCUT2D eigenvalue weighted by atomic mass is 16.7. The second kappa shape index (κ2) is 10.9. The molecule has 1 heterocycles. The topological polar surface area (TPSA) is 62.6 Å². The van der Waals surface area contributed by atoms with Gasteiger partial charge >= 0.3 is 6.16 Å². The monoisotopic (exact) mass is 486 g/mol. The zero-order chi connectivity index (χ0) is 25.7. The highest BCUT2D eigenvalue weighted by Gasteiger charge is 2.19. The molecule has 0 aliphatic carbocycles. The summed E-state index contributed by atoms with van der Waals surface area (Å²) >= 11 is 0. The minimum Gasteiger partial charge on any atom is -0.497 e. The van der Waals surface area contributed by atoms with Crippen molar-refractivity contribution in [1.82, 2.24) is 9.55 Å². The molecule has 0 bridgehead atoms. The number of benzene rings is 3. The van der Waals surface area contributed by atoms with E-state index in [1.165, 1.54) is 0 Å². The van der Waals surface area contributed by atoms with Gasteiger partial charge in [-0.15, -0.1) is 0 Å². The molecule has 0 radical (unpaired) electrons. The fraction of sp³-hybridized carbons (Fsp3) is 0.333. The molecule has 6 nitrogen and oxygen atoms in total. The van der Waals surface area contributed by atoms with Crippen LogP contribution in [-0.2, 0) is 17.7 Å². The van der Waals surface area contributed by atoms with E-state index in [4.69, 9.17) is 19.2 Å². The van der Waals surface area contributed by atoms with Gasteiger partial charge < -0.3 is 18.8 Å². The summed E-state index contributed by atoms with van der Waals surface area (Å²) < 4.78 is 18.6. The van der Waals surface area contributed by atoms with Gasteiger partial charge in [-0.05, 0) is 56.5 Å². The summed E-state index contributed by atoms with van der Waals surface area (Å²) in [4.78, 5) is 17.1. The minimum absolute atomic E-state index is 0.467. The number of ether oxygens (including phenoxy) is 3. The molecule has 4 aromatic rings. The maximum Gasteiger partial charge on any atom is 0.514 e. The van der Waals surface area contributed by atoms with Gasteiger partial charge in [0.05, 0.1) is 18.1 Å². The van der Waals surface area contributed by atoms with Crippen molar-refractivity contribution in [2.45, 2.75) is 59.1 Å². The molecule has 1 aromatic heterocycles. The number of hydrogen-bond acceptors (Lipinski definition) is 5. The van der Waals surface area contributed by atoms with E-state index >= 15 is 0 Å². The van der Waals surface area contributed by atoms with E-state index in [1.807, 2.05) is 51.1 Å². The molecule has 0 spiro atoms. The third-order valence-corrected chi connectivity index (χ3v) is 5.86. The van der Waals surface area contributed by atoms with Crippen LogP contribution in [0.3, 0.4) is 0 Å². The van der Waals surface area contributed by atoms with E-state index in [-0.39, 0.29) is 0 Å². The summed E-state index contributed by atoms with van der Waals surface area (Å²) in [7, 11) is 1.68. The van der Waals surface area contributed by atoms with E-state index < -0.39 is 11.8 Å². The maximum atomic E-state index is 12.2. The van der Waals surface area contributed by atoms with Gasteiger partial charge in [-0.2, -0.15) is 0 Å². The van der Waals surface area contributed by atoms with Crippen LogP contribution >= 0.6 is 0 Å². The van der Waals surface area contributed by atoms with E-state index in [1.54, 1.807) is 13.2 Å². The summed E-state index contributed by atoms with van der Waals surface area (Å²) in [5.74, 6) is 2.37. The number of methoxy groups -OCH3 is 1. The molecule has 4 rings (SSSR count). The van der Waals surface area contributed by atoms with Crippen molar-refractivity contribution >= 4 is 17.2 Å². The van der Waals surface area contributed by atoms with Crippen LogP contribution in [0.25, 0.3) is 22.2 Å². The van der Waals surface area contributed by atoms with Crippen LogP contribution in [0.4, 0.5) is 4.79 Å². The second-order valence-electron chi connectivity index (χ2n) is 9.83. The van der Waals surface area contributed by atoms with Gasteiger partial charge in [-0.25, -0.2) is 9.78 Å². The van der Waals surface area contributed by atoms with Crippen LogP contribution in [0.2, 0.25) is 0 Å². The molecule has 0 aliphatic rings. The van der Waals surface area contributed by atoms with Crippen molar-refractivity contribution in [1.29, 1.82) is 0 Å². The van der Waals surface area contributed by atoms with Gasteiger partial charge in [-0.1, -0.05) is 55.8 Å². The third-order valence-electron chi connectivity index (χ3n) is 5.86. The number of carbonyl (C=O) groups is 1. The average Bonchev–Trinajstić information content (AvgIpc) is 3.18. The van der Waals surface area contributed by atoms with Gasteiger partial charge in [0.2, 0.25) is 0 Å². The Kier molecular flexibility index (Phi) is 7.63. The Morgan fingerprint density at radius 2 is 1.75 bits per heavy atom. The van der Waals surface area contributed by atoms with Crippen LogP contribution < -0.4 is 9.47 Å². The molecule has 6 heteroatoms. The van der Waals surface area contributed by atoms with Gasteiger partial charge in [0.15, 0.2) is 0 Å². The number of imidazole rings is 1. The Bertz CT molecular complexity index is 1330. The number of rotatable bonds is 8. The van der Waals surface area contributed by atoms with Crippen molar-refractivity contribution in [3.8, 4) is 22.6 Å². The lowest BCUT2D eigenvalue weighted by Crippen LogP contribution is -2.26. The molecule has 0 saturated carbocycles. The van der Waals surface area contributed by atoms with Crippen LogP contribution in [0.1, 0.15) is 51.9 Å². The van der Waals surface area contributed by atoms with Crippen molar-refractivity contribution in [3.63, 3.8) is 0 Å². The molecular formula is C30H34N2O4. The van der Waals surface area contributed by atoms with Gasteiger partial charge in [0, 0.05) is 24.6 Å². The average molecular weight is 487 g/mol. The minimum atomic E-state index is -0.714. The predicted octanol–water partition coefficient (Wildman–Crippen LogP) is 7.42. The van der Waals surface area contributed by atoms with Crippen molar-refractivity contribution in [2.24, 2.45) is 0 Å². The first-order valence-electron chi connectivity index (χ1n) is 12.4. The number of nitrogens with zero attached hydrogens (tertiary/aromatic N) is 2. The largest absolute Gasteiger partial charge is 0.514 e. The summed E-state index contributed by atoms with van der Waals surface area (Å²) in [6.07, 6.45) is 2.43. The van der Waals surface area contributed by atoms with Gasteiger partial charge in [-0.3, -0.25) is 0 Å². The standard InChI is InChI=1S/C30H34N2O4/c1-6-7-12-28-31-25-18-17-23(34-5)19-26(25)32(28)20-21-13-15-22(16-14-21)24-10-8-9-11-27(24)35-29(33)36-30(2,3)4/h8-11,13-19H,6-7,12,20H2,1-5H3. The van der Waals surface area contributed by atoms with E-state index in [9.17, 15) is 4.79 Å². The zero-order valence-electron chi connectivity index (χ0n) is 21.7. The highest BCUT2D eigenvalue weighted by molar-refractivity contribution is 5.78. The molecule has 3 aromatic carbocycles. The molecular weight excluding hydrogens is 452 g/mol. The molecule has 0 unspecified atom stereocenters. The molecule has 0 N–H and O–H groups in total. The zero-order valence-corrected chi connectivity index (χ0v) is 21.7. The summed E-state index contributed by atoms with van der Waals surface area (Å²) in [6.45, 7) is 8.34. The van der Waals surface area contributed by atoms with Crippen LogP contribution in [0.15, 0.2) is 66.7 Å². The predicted molar refractivity (Wildman–Crippen MR) is 143 cm³/mol. The maximum absolute atomic E-state index is 12.2. The van der Waals surface area contributed by atoms with Crippen LogP contribution in [-0.4, -0.2) is 28.4 Å². The number of hydrogen-bond donors (Lipinski definition) is 0. The van der Waals surface area contributed by atoms with E-state index in [0.717, 1.165) is 58.6 Å². The number of aromatic nitrogens is 2. The number of unbranched alkanes of at least 4 members (excludes halogenated alkanes) is 1. The Hall–Kier alpha value is -3.80. The lowest BCUT2D eigenvalue weighted by atomic mass is 10.0. The fourth-order valence-electron chi connectivity index (χ4n) is 4.11. The molecule has 36 heavy (non-hydrogen) atoms. The first kappa shape index (κ1) is 25.3. The number of aryl methyl sites for hydroxylation is 1. The Morgan fingerprint density at radius 3 is 2.44 bits per heavy atom. The fourth-order valence-corrected chi connectivity index (χ4v) is 4.11. The third kappa shape index (κ3) is 6.06. The normalized spacial score (nSPS) is 11.5. The highest BCUT2D eigenvalue weighted by Crippen LogP contribution is 2.31. The van der Waals surface area contributed by atoms with Gasteiger partial charge in [0.1, 0.15) is 22.9 Å². The number of fused-ring (bicyclic) bond motifs is 1. The molecule has 0 saturated heterocycles. The van der Waals surface area contributed by atoms with Crippen molar-refractivity contribution in [3.05, 3.63) is 78.1 Å². The first-order valence-corrected chi connectivity index (χ1v) is 12.4. The van der Waals surface area contributed by atoms with Gasteiger partial charge in [0.25, 0.3) is 0 Å². The molecule has 188 valence electrons. The first-order chi connectivity index (χ1) is 17.3. The quantitative estimate of drug-likeness (QED) is 0.192. The van der Waals surface area contributed by atoms with Crippen LogP contribution in [0, 0.1) is 0 Å². The second-order valence-corrected chi connectivity index (χ2v) is 9.83. The lowest BCUT2D eigenvalue weighted by molar-refractivity contribution is 0.0207. The van der Waals surface area contributed by atoms with E-state index in [0.29, 0.717) is 12.3 Å². The summed E-state index contributed by atoms with van der Waals surface area (Å²) in [5.41, 5.74) is 4.37. The number of carbonyl (C=O) groups excluding carboxylic acids is 1.